The Kier molecular flexibility index (Phi) is 5.00. The van der Waals surface area contributed by atoms with E-state index in [0.717, 1.165) is 60.5 Å². The summed E-state index contributed by atoms with van der Waals surface area (Å²) >= 11 is 7.22. The summed E-state index contributed by atoms with van der Waals surface area (Å²) in [5, 5.41) is 0. The number of hydrogen-bond donors (Lipinski definition) is 0. The molecule has 1 saturated heterocycles. The zero-order chi connectivity index (χ0) is 15.5. The van der Waals surface area contributed by atoms with Crippen LogP contribution in [-0.2, 0) is 6.54 Å². The summed E-state index contributed by atoms with van der Waals surface area (Å²) in [5.41, 5.74) is 1.99. The number of fused-ring (bicyclic) bond motifs is 1. The van der Waals surface area contributed by atoms with Crippen molar-refractivity contribution in [3.8, 4) is 0 Å². The van der Waals surface area contributed by atoms with Gasteiger partial charge in [-0.2, -0.15) is 0 Å². The van der Waals surface area contributed by atoms with Crippen LogP contribution in [0.2, 0.25) is 0 Å². The summed E-state index contributed by atoms with van der Waals surface area (Å²) in [7, 11) is 2.14. The number of thioether (sulfide) groups is 1. The van der Waals surface area contributed by atoms with Crippen LogP contribution in [0.5, 0.6) is 0 Å². The van der Waals surface area contributed by atoms with Gasteiger partial charge in [-0.15, -0.1) is 0 Å². The molecule has 1 fully saturated rings. The number of thiocarbonyl (C=S) groups is 1. The normalized spacial score (nSPS) is 18.7. The van der Waals surface area contributed by atoms with Crippen LogP contribution < -0.4 is 0 Å². The molecule has 0 aromatic heterocycles. The molecule has 22 heavy (non-hydrogen) atoms. The van der Waals surface area contributed by atoms with Gasteiger partial charge in [0.2, 0.25) is 0 Å². The predicted octanol–water partition coefficient (Wildman–Crippen LogP) is 1.91. The highest BCUT2D eigenvalue weighted by Gasteiger charge is 2.26. The fourth-order valence-electron chi connectivity index (χ4n) is 2.82. The number of piperazine rings is 1. The first-order chi connectivity index (χ1) is 10.6. The molecule has 6 heteroatoms. The predicted molar refractivity (Wildman–Crippen MR) is 95.3 cm³/mol. The molecule has 1 amide bonds. The topological polar surface area (TPSA) is 26.8 Å². The van der Waals surface area contributed by atoms with Crippen molar-refractivity contribution >= 4 is 34.2 Å². The van der Waals surface area contributed by atoms with Crippen LogP contribution >= 0.6 is 24.0 Å². The first kappa shape index (κ1) is 15.8. The van der Waals surface area contributed by atoms with Crippen LogP contribution in [0.25, 0.3) is 0 Å². The minimum atomic E-state index is 0.154. The number of nitrogens with zero attached hydrogens (tertiary/aromatic N) is 3. The highest BCUT2D eigenvalue weighted by molar-refractivity contribution is 8.22. The summed E-state index contributed by atoms with van der Waals surface area (Å²) in [4.78, 5) is 18.8. The maximum absolute atomic E-state index is 12.3. The Balaban J connectivity index is 1.44. The smallest absolute Gasteiger partial charge is 0.254 e. The Hall–Kier alpha value is -1.11. The van der Waals surface area contributed by atoms with Gasteiger partial charge in [-0.25, -0.2) is 0 Å². The summed E-state index contributed by atoms with van der Waals surface area (Å²) in [5.74, 6) is 1.02. The average molecular weight is 335 g/mol. The van der Waals surface area contributed by atoms with Crippen LogP contribution in [0, 0.1) is 0 Å². The van der Waals surface area contributed by atoms with Crippen molar-refractivity contribution in [2.45, 2.75) is 6.54 Å². The van der Waals surface area contributed by atoms with Gasteiger partial charge in [-0.05, 0) is 18.7 Å². The summed E-state index contributed by atoms with van der Waals surface area (Å²) in [6.45, 7) is 5.65. The number of hydrogen-bond acceptors (Lipinski definition) is 4. The molecule has 4 nitrogen and oxygen atoms in total. The van der Waals surface area contributed by atoms with Crippen molar-refractivity contribution in [2.75, 3.05) is 45.5 Å². The second-order valence-corrected chi connectivity index (χ2v) is 7.52. The molecule has 0 spiro atoms. The van der Waals surface area contributed by atoms with Gasteiger partial charge in [-0.1, -0.05) is 42.2 Å². The van der Waals surface area contributed by atoms with E-state index in [1.807, 2.05) is 29.2 Å². The molecular formula is C16H21N3OS2. The lowest BCUT2D eigenvalue weighted by atomic mass is 10.1. The lowest BCUT2D eigenvalue weighted by Gasteiger charge is -2.33. The van der Waals surface area contributed by atoms with Gasteiger partial charge < -0.3 is 14.7 Å². The molecule has 0 unspecified atom stereocenters. The molecule has 0 saturated carbocycles. The third-order valence-electron chi connectivity index (χ3n) is 4.24. The van der Waals surface area contributed by atoms with E-state index in [1.54, 1.807) is 11.8 Å². The van der Waals surface area contributed by atoms with Gasteiger partial charge >= 0.3 is 0 Å². The third kappa shape index (κ3) is 3.45. The molecule has 118 valence electrons. The summed E-state index contributed by atoms with van der Waals surface area (Å²) in [6.07, 6.45) is 0. The van der Waals surface area contributed by atoms with Crippen LogP contribution in [-0.4, -0.2) is 70.5 Å². The average Bonchev–Trinajstić information content (AvgIpc) is 2.85. The first-order valence-corrected chi connectivity index (χ1v) is 9.02. The van der Waals surface area contributed by atoms with Gasteiger partial charge in [0.1, 0.15) is 4.32 Å². The van der Waals surface area contributed by atoms with Crippen LogP contribution in [0.1, 0.15) is 15.9 Å². The van der Waals surface area contributed by atoms with E-state index < -0.39 is 0 Å². The number of carbonyl (C=O) groups excluding carboxylic acids is 1. The Morgan fingerprint density at radius 2 is 1.95 bits per heavy atom. The SMILES string of the molecule is CN1CCN(C(=S)SCCN2Cc3ccccc3C2=O)CC1. The van der Waals surface area contributed by atoms with Crippen LogP contribution in [0.15, 0.2) is 24.3 Å². The monoisotopic (exact) mass is 335 g/mol. The van der Waals surface area contributed by atoms with Crippen molar-refractivity contribution in [3.63, 3.8) is 0 Å². The third-order valence-corrected chi connectivity index (χ3v) is 5.75. The standard InChI is InChI=1S/C16H21N3OS2/c1-17-6-8-18(9-7-17)16(21)22-11-10-19-12-13-4-2-3-5-14(13)15(19)20/h2-5H,6-12H2,1H3. The molecule has 3 rings (SSSR count). The maximum atomic E-state index is 12.3. The highest BCUT2D eigenvalue weighted by Crippen LogP contribution is 2.23. The lowest BCUT2D eigenvalue weighted by molar-refractivity contribution is 0.0788. The van der Waals surface area contributed by atoms with E-state index in [2.05, 4.69) is 16.8 Å². The molecule has 0 aliphatic carbocycles. The Morgan fingerprint density at radius 3 is 2.68 bits per heavy atom. The Labute approximate surface area is 141 Å². The Bertz CT molecular complexity index is 570. The molecule has 2 heterocycles. The van der Waals surface area contributed by atoms with E-state index >= 15 is 0 Å². The van der Waals surface area contributed by atoms with E-state index in [9.17, 15) is 4.79 Å². The first-order valence-electron chi connectivity index (χ1n) is 7.62. The molecule has 0 N–H and O–H groups in total. The summed E-state index contributed by atoms with van der Waals surface area (Å²) in [6, 6.07) is 7.87. The van der Waals surface area contributed by atoms with Crippen LogP contribution in [0.3, 0.4) is 0 Å². The minimum Gasteiger partial charge on any atom is -0.355 e. The Morgan fingerprint density at radius 1 is 1.23 bits per heavy atom. The molecule has 0 radical (unpaired) electrons. The van der Waals surface area contributed by atoms with Crippen LogP contribution in [0.4, 0.5) is 0 Å². The highest BCUT2D eigenvalue weighted by atomic mass is 32.2. The molecule has 1 aromatic carbocycles. The van der Waals surface area contributed by atoms with Crippen molar-refractivity contribution in [1.82, 2.24) is 14.7 Å². The summed E-state index contributed by atoms with van der Waals surface area (Å²) < 4.78 is 0.970. The number of rotatable bonds is 3. The fraction of sp³-hybridized carbons (Fsp3) is 0.500. The minimum absolute atomic E-state index is 0.154. The number of amides is 1. The quantitative estimate of drug-likeness (QED) is 0.787. The molecule has 2 aliphatic rings. The van der Waals surface area contributed by atoms with Crippen molar-refractivity contribution < 1.29 is 4.79 Å². The van der Waals surface area contributed by atoms with E-state index in [0.29, 0.717) is 0 Å². The second-order valence-electron chi connectivity index (χ2n) is 5.79. The van der Waals surface area contributed by atoms with E-state index in [1.165, 1.54) is 0 Å². The molecule has 2 aliphatic heterocycles. The zero-order valence-corrected chi connectivity index (χ0v) is 14.5. The van der Waals surface area contributed by atoms with Gasteiger partial charge in [0.05, 0.1) is 0 Å². The van der Waals surface area contributed by atoms with Crippen molar-refractivity contribution in [3.05, 3.63) is 35.4 Å². The van der Waals surface area contributed by atoms with E-state index in [-0.39, 0.29) is 5.91 Å². The van der Waals surface area contributed by atoms with E-state index in [4.69, 9.17) is 12.2 Å². The molecule has 1 aromatic rings. The fourth-order valence-corrected chi connectivity index (χ4v) is 4.10. The van der Waals surface area contributed by atoms with Gasteiger partial charge in [0, 0.05) is 50.6 Å². The lowest BCUT2D eigenvalue weighted by Crippen LogP contribution is -2.46. The molecule has 0 atom stereocenters. The maximum Gasteiger partial charge on any atom is 0.254 e. The number of likely N-dealkylation sites (N-methyl/N-ethyl adjacent to an activating group) is 1. The van der Waals surface area contributed by atoms with Gasteiger partial charge in [0.15, 0.2) is 0 Å². The largest absolute Gasteiger partial charge is 0.355 e. The number of benzene rings is 1. The second kappa shape index (κ2) is 6.98. The van der Waals surface area contributed by atoms with Gasteiger partial charge in [0.25, 0.3) is 5.91 Å². The van der Waals surface area contributed by atoms with Crippen molar-refractivity contribution in [1.29, 1.82) is 0 Å². The number of carbonyl (C=O) groups is 1. The zero-order valence-electron chi connectivity index (χ0n) is 12.8. The van der Waals surface area contributed by atoms with Gasteiger partial charge in [-0.3, -0.25) is 4.79 Å². The molecule has 0 bridgehead atoms. The van der Waals surface area contributed by atoms with Crippen molar-refractivity contribution in [2.24, 2.45) is 0 Å². The molecular weight excluding hydrogens is 314 g/mol.